The fraction of sp³-hybridized carbons (Fsp3) is 0.409. The zero-order chi connectivity index (χ0) is 19.1. The molecule has 1 aliphatic carbocycles. The first kappa shape index (κ1) is 19.5. The summed E-state index contributed by atoms with van der Waals surface area (Å²) in [5, 5.41) is 9.74. The number of hydrogen-bond acceptors (Lipinski definition) is 4. The number of carboxylic acids is 1. The average molecular weight is 384 g/mol. The molecule has 0 saturated heterocycles. The van der Waals surface area contributed by atoms with Gasteiger partial charge in [-0.05, 0) is 43.7 Å². The van der Waals surface area contributed by atoms with Crippen LogP contribution in [0.5, 0.6) is 0 Å². The number of aromatic nitrogens is 1. The number of thiazole rings is 1. The molecule has 0 aliphatic heterocycles. The number of carboxylic acid groups (broad SMARTS) is 1. The van der Waals surface area contributed by atoms with Crippen molar-refractivity contribution in [2.24, 2.45) is 11.8 Å². The van der Waals surface area contributed by atoms with Gasteiger partial charge in [0, 0.05) is 25.2 Å². The maximum atomic E-state index is 12.2. The first-order valence-electron chi connectivity index (χ1n) is 9.54. The van der Waals surface area contributed by atoms with Crippen molar-refractivity contribution >= 4 is 33.3 Å². The van der Waals surface area contributed by atoms with Crippen LogP contribution in [0.2, 0.25) is 0 Å². The number of unbranched alkanes of at least 4 members (excludes halogenated alkanes) is 1. The smallest absolute Gasteiger partial charge is 0.303 e. The number of allylic oxidation sites excluding steroid dienone is 4. The van der Waals surface area contributed by atoms with Crippen molar-refractivity contribution in [3.63, 3.8) is 0 Å². The molecular formula is C22H25NO3S. The second-order valence-electron chi connectivity index (χ2n) is 6.98. The van der Waals surface area contributed by atoms with Crippen molar-refractivity contribution in [2.75, 3.05) is 0 Å². The van der Waals surface area contributed by atoms with E-state index in [1.54, 1.807) is 11.3 Å². The van der Waals surface area contributed by atoms with E-state index in [-0.39, 0.29) is 12.3 Å². The van der Waals surface area contributed by atoms with Crippen LogP contribution in [0.25, 0.3) is 10.2 Å². The molecule has 1 aromatic heterocycles. The van der Waals surface area contributed by atoms with E-state index in [0.717, 1.165) is 36.2 Å². The molecule has 1 unspecified atom stereocenters. The summed E-state index contributed by atoms with van der Waals surface area (Å²) < 4.78 is 1.21. The van der Waals surface area contributed by atoms with Gasteiger partial charge < -0.3 is 5.11 Å². The van der Waals surface area contributed by atoms with Crippen LogP contribution in [0, 0.1) is 11.8 Å². The van der Waals surface area contributed by atoms with Gasteiger partial charge in [-0.1, -0.05) is 36.4 Å². The Morgan fingerprint density at radius 1 is 1.26 bits per heavy atom. The number of aliphatic carboxylic acids is 1. The van der Waals surface area contributed by atoms with Crippen LogP contribution in [0.1, 0.15) is 43.5 Å². The minimum Gasteiger partial charge on any atom is -0.481 e. The minimum absolute atomic E-state index is 0.0624. The molecule has 1 N–H and O–H groups in total. The van der Waals surface area contributed by atoms with E-state index in [2.05, 4.69) is 23.2 Å². The quantitative estimate of drug-likeness (QED) is 0.478. The van der Waals surface area contributed by atoms with Gasteiger partial charge in [-0.15, -0.1) is 11.3 Å². The summed E-state index contributed by atoms with van der Waals surface area (Å²) in [4.78, 5) is 27.3. The molecular weight excluding hydrogens is 358 g/mol. The highest BCUT2D eigenvalue weighted by molar-refractivity contribution is 7.18. The average Bonchev–Trinajstić information content (AvgIpc) is 3.21. The first-order chi connectivity index (χ1) is 13.1. The molecule has 1 fully saturated rings. The minimum atomic E-state index is -0.757. The topological polar surface area (TPSA) is 67.3 Å². The van der Waals surface area contributed by atoms with Crippen LogP contribution >= 0.6 is 11.3 Å². The first-order valence-corrected chi connectivity index (χ1v) is 10.4. The lowest BCUT2D eigenvalue weighted by Gasteiger charge is -2.12. The molecule has 0 amide bonds. The zero-order valence-corrected chi connectivity index (χ0v) is 16.2. The predicted octanol–water partition coefficient (Wildman–Crippen LogP) is 5.19. The monoisotopic (exact) mass is 383 g/mol. The van der Waals surface area contributed by atoms with Gasteiger partial charge in [0.2, 0.25) is 0 Å². The Balaban J connectivity index is 1.50. The number of carbonyl (C=O) groups excluding carboxylic acids is 1. The highest BCUT2D eigenvalue weighted by Crippen LogP contribution is 2.33. The van der Waals surface area contributed by atoms with E-state index in [9.17, 15) is 9.59 Å². The molecule has 5 heteroatoms. The second-order valence-corrected chi connectivity index (χ2v) is 8.09. The number of nitrogens with zero attached hydrogens (tertiary/aromatic N) is 1. The van der Waals surface area contributed by atoms with E-state index in [1.807, 2.05) is 30.4 Å². The molecule has 0 spiro atoms. The van der Waals surface area contributed by atoms with E-state index >= 15 is 0 Å². The van der Waals surface area contributed by atoms with Gasteiger partial charge in [-0.2, -0.15) is 0 Å². The molecule has 2 aromatic rings. The molecule has 27 heavy (non-hydrogen) atoms. The standard InChI is InChI=1S/C22H25NO3S/c24-19-15-14-16(17(19)9-3-1-2-4-13-22(25)26)8-7-12-21-23-18-10-5-6-11-20(18)27-21/h1,3,5-8,10-11,16-17H,2,4,9,12-15H2,(H,25,26)/b3-1-,8-7+/t16?,17-/m1/s1. The third kappa shape index (κ3) is 5.60. The van der Waals surface area contributed by atoms with Crippen LogP contribution in [-0.4, -0.2) is 21.8 Å². The van der Waals surface area contributed by atoms with Gasteiger partial charge in [0.25, 0.3) is 0 Å². The maximum Gasteiger partial charge on any atom is 0.303 e. The lowest BCUT2D eigenvalue weighted by atomic mass is 9.91. The molecule has 3 rings (SSSR count). The maximum absolute atomic E-state index is 12.2. The Labute approximate surface area is 163 Å². The summed E-state index contributed by atoms with van der Waals surface area (Å²) in [6.45, 7) is 0. The number of rotatable bonds is 9. The molecule has 1 aromatic carbocycles. The SMILES string of the molecule is O=C(O)CCC/C=C\C[C@H]1C(=O)CCC1/C=C/Cc1nc2ccccc2s1. The van der Waals surface area contributed by atoms with Gasteiger partial charge in [0.05, 0.1) is 15.2 Å². The third-order valence-corrected chi connectivity index (χ3v) is 6.05. The molecule has 0 bridgehead atoms. The van der Waals surface area contributed by atoms with Crippen molar-refractivity contribution in [1.82, 2.24) is 4.98 Å². The van der Waals surface area contributed by atoms with Gasteiger partial charge in [-0.25, -0.2) is 4.98 Å². The fourth-order valence-electron chi connectivity index (χ4n) is 3.55. The Hall–Kier alpha value is -2.27. The van der Waals surface area contributed by atoms with E-state index in [4.69, 9.17) is 5.11 Å². The largest absolute Gasteiger partial charge is 0.481 e. The number of carbonyl (C=O) groups is 2. The number of benzene rings is 1. The summed E-state index contributed by atoms with van der Waals surface area (Å²) in [5.41, 5.74) is 1.05. The molecule has 1 heterocycles. The van der Waals surface area contributed by atoms with Crippen molar-refractivity contribution in [1.29, 1.82) is 0 Å². The summed E-state index contributed by atoms with van der Waals surface area (Å²) >= 11 is 1.72. The summed E-state index contributed by atoms with van der Waals surface area (Å²) in [6, 6.07) is 8.16. The Kier molecular flexibility index (Phi) is 6.93. The predicted molar refractivity (Wildman–Crippen MR) is 109 cm³/mol. The van der Waals surface area contributed by atoms with Crippen molar-refractivity contribution in [3.05, 3.63) is 53.6 Å². The van der Waals surface area contributed by atoms with E-state index < -0.39 is 5.97 Å². The highest BCUT2D eigenvalue weighted by atomic mass is 32.1. The van der Waals surface area contributed by atoms with Gasteiger partial charge in [0.1, 0.15) is 5.78 Å². The summed E-state index contributed by atoms with van der Waals surface area (Å²) in [7, 11) is 0. The molecule has 0 radical (unpaired) electrons. The molecule has 4 nitrogen and oxygen atoms in total. The molecule has 2 atom stereocenters. The molecule has 1 saturated carbocycles. The van der Waals surface area contributed by atoms with Crippen LogP contribution < -0.4 is 0 Å². The number of ketones is 1. The number of fused-ring (bicyclic) bond motifs is 1. The van der Waals surface area contributed by atoms with Crippen LogP contribution in [0.15, 0.2) is 48.6 Å². The summed E-state index contributed by atoms with van der Waals surface area (Å²) in [6.07, 6.45) is 13.2. The Morgan fingerprint density at radius 2 is 2.11 bits per heavy atom. The molecule has 142 valence electrons. The van der Waals surface area contributed by atoms with Crippen LogP contribution in [0.4, 0.5) is 0 Å². The summed E-state index contributed by atoms with van der Waals surface area (Å²) in [5.74, 6) is -0.0459. The third-order valence-electron chi connectivity index (χ3n) is 4.99. The normalized spacial score (nSPS) is 20.4. The van der Waals surface area contributed by atoms with E-state index in [0.29, 0.717) is 24.5 Å². The van der Waals surface area contributed by atoms with Crippen LogP contribution in [-0.2, 0) is 16.0 Å². The van der Waals surface area contributed by atoms with Crippen LogP contribution in [0.3, 0.4) is 0 Å². The number of Topliss-reactive ketones (excluding diaryl/α,β-unsaturated/α-hetero) is 1. The highest BCUT2D eigenvalue weighted by Gasteiger charge is 2.31. The van der Waals surface area contributed by atoms with Crippen molar-refractivity contribution in [3.8, 4) is 0 Å². The van der Waals surface area contributed by atoms with E-state index in [1.165, 1.54) is 4.70 Å². The second kappa shape index (κ2) is 9.60. The Morgan fingerprint density at radius 3 is 2.93 bits per heavy atom. The number of hydrogen-bond donors (Lipinski definition) is 1. The number of para-hydroxylation sites is 1. The van der Waals surface area contributed by atoms with Gasteiger partial charge in [-0.3, -0.25) is 9.59 Å². The lowest BCUT2D eigenvalue weighted by Crippen LogP contribution is -2.12. The zero-order valence-electron chi connectivity index (χ0n) is 15.3. The lowest BCUT2D eigenvalue weighted by molar-refractivity contribution is -0.137. The fourth-order valence-corrected chi connectivity index (χ4v) is 4.50. The Bertz CT molecular complexity index is 819. The molecule has 1 aliphatic rings. The van der Waals surface area contributed by atoms with Gasteiger partial charge >= 0.3 is 5.97 Å². The van der Waals surface area contributed by atoms with Crippen molar-refractivity contribution < 1.29 is 14.7 Å². The van der Waals surface area contributed by atoms with Crippen molar-refractivity contribution in [2.45, 2.75) is 44.9 Å². The van der Waals surface area contributed by atoms with Gasteiger partial charge in [0.15, 0.2) is 0 Å².